The first-order valence-electron chi connectivity index (χ1n) is 12.8. The van der Waals surface area contributed by atoms with Gasteiger partial charge in [0.05, 0.1) is 0 Å². The molecule has 0 aromatic carbocycles. The summed E-state index contributed by atoms with van der Waals surface area (Å²) in [6.45, 7) is 19.8. The molecule has 2 unspecified atom stereocenters. The van der Waals surface area contributed by atoms with Crippen LogP contribution in [0.3, 0.4) is 0 Å². The number of piperazine rings is 1. The van der Waals surface area contributed by atoms with E-state index in [-0.39, 0.29) is 0 Å². The van der Waals surface area contributed by atoms with E-state index in [1.54, 1.807) is 0 Å². The predicted octanol–water partition coefficient (Wildman–Crippen LogP) is 4.03. The molecular formula is C27H44N6. The molecule has 0 bridgehead atoms. The molecule has 5 rings (SSSR count). The first-order valence-corrected chi connectivity index (χ1v) is 12.8. The Kier molecular flexibility index (Phi) is 9.51. The zero-order valence-corrected chi connectivity index (χ0v) is 21.6. The summed E-state index contributed by atoms with van der Waals surface area (Å²) >= 11 is 0. The molecule has 3 fully saturated rings. The van der Waals surface area contributed by atoms with Crippen molar-refractivity contribution < 1.29 is 0 Å². The highest BCUT2D eigenvalue weighted by Gasteiger charge is 2.36. The average Bonchev–Trinajstić information content (AvgIpc) is 3.44. The van der Waals surface area contributed by atoms with E-state index in [1.807, 2.05) is 32.3 Å². The van der Waals surface area contributed by atoms with E-state index in [9.17, 15) is 0 Å². The smallest absolute Gasteiger partial charge is 0.128 e. The Bertz CT molecular complexity index is 834. The third-order valence-corrected chi connectivity index (χ3v) is 6.88. The van der Waals surface area contributed by atoms with Gasteiger partial charge in [-0.15, -0.1) is 0 Å². The normalized spacial score (nSPS) is 22.4. The highest BCUT2D eigenvalue weighted by molar-refractivity contribution is 5.43. The lowest BCUT2D eigenvalue weighted by Crippen LogP contribution is -2.44. The molecule has 5 heterocycles. The zero-order valence-electron chi connectivity index (χ0n) is 21.6. The lowest BCUT2D eigenvalue weighted by molar-refractivity contribution is 0.312. The van der Waals surface area contributed by atoms with Gasteiger partial charge in [-0.1, -0.05) is 27.7 Å². The molecule has 0 saturated carbocycles. The number of aryl methyl sites for hydroxylation is 1. The van der Waals surface area contributed by atoms with Crippen LogP contribution in [0.1, 0.15) is 44.7 Å². The molecule has 182 valence electrons. The predicted molar refractivity (Wildman–Crippen MR) is 140 cm³/mol. The van der Waals surface area contributed by atoms with Crippen molar-refractivity contribution in [3.63, 3.8) is 0 Å². The number of pyridine rings is 2. The maximum Gasteiger partial charge on any atom is 0.128 e. The maximum absolute atomic E-state index is 4.54. The second-order valence-corrected chi connectivity index (χ2v) is 9.67. The topological polar surface area (TPSA) is 47.5 Å². The number of hydrogen-bond donors (Lipinski definition) is 1. The SMILES string of the molecule is CC.CC(C)c1ccnc(N2CC3CNCC3C2)c1.Cc1ccnc(N2CCN(C)CC2)c1. The fraction of sp³-hybridized carbons (Fsp3) is 0.630. The van der Waals surface area contributed by atoms with Crippen LogP contribution in [-0.2, 0) is 0 Å². The van der Waals surface area contributed by atoms with Crippen LogP contribution >= 0.6 is 0 Å². The van der Waals surface area contributed by atoms with Crippen molar-refractivity contribution in [2.24, 2.45) is 11.8 Å². The van der Waals surface area contributed by atoms with Crippen molar-refractivity contribution in [2.75, 3.05) is 69.2 Å². The first kappa shape index (κ1) is 25.4. The number of rotatable bonds is 3. The van der Waals surface area contributed by atoms with Gasteiger partial charge in [0.2, 0.25) is 0 Å². The van der Waals surface area contributed by atoms with Gasteiger partial charge in [-0.25, -0.2) is 9.97 Å². The molecule has 0 amide bonds. The summed E-state index contributed by atoms with van der Waals surface area (Å²) in [6.07, 6.45) is 3.85. The number of nitrogens with zero attached hydrogens (tertiary/aromatic N) is 5. The number of hydrogen-bond acceptors (Lipinski definition) is 6. The van der Waals surface area contributed by atoms with E-state index < -0.39 is 0 Å². The summed E-state index contributed by atoms with van der Waals surface area (Å²) in [6, 6.07) is 8.59. The molecule has 3 saturated heterocycles. The molecule has 2 atom stereocenters. The number of aromatic nitrogens is 2. The Morgan fingerprint density at radius 2 is 1.42 bits per heavy atom. The average molecular weight is 453 g/mol. The Morgan fingerprint density at radius 3 is 2.00 bits per heavy atom. The van der Waals surface area contributed by atoms with E-state index >= 15 is 0 Å². The van der Waals surface area contributed by atoms with Crippen molar-refractivity contribution in [1.82, 2.24) is 20.2 Å². The quantitative estimate of drug-likeness (QED) is 0.759. The van der Waals surface area contributed by atoms with Crippen LogP contribution in [0.15, 0.2) is 36.7 Å². The fourth-order valence-corrected chi connectivity index (χ4v) is 4.74. The fourth-order valence-electron chi connectivity index (χ4n) is 4.74. The summed E-state index contributed by atoms with van der Waals surface area (Å²) in [5.74, 6) is 4.54. The number of nitrogens with one attached hydrogen (secondary N) is 1. The summed E-state index contributed by atoms with van der Waals surface area (Å²) < 4.78 is 0. The molecule has 6 nitrogen and oxygen atoms in total. The highest BCUT2D eigenvalue weighted by atomic mass is 15.3. The molecule has 1 N–H and O–H groups in total. The third-order valence-electron chi connectivity index (χ3n) is 6.88. The van der Waals surface area contributed by atoms with Crippen molar-refractivity contribution in [1.29, 1.82) is 0 Å². The van der Waals surface area contributed by atoms with Gasteiger partial charge < -0.3 is 20.0 Å². The molecule has 0 radical (unpaired) electrons. The summed E-state index contributed by atoms with van der Waals surface area (Å²) in [7, 11) is 2.17. The standard InChI is InChI=1S/C14H21N3.C11H17N3.C2H6/c1-10(2)11-3-4-16-14(5-11)17-8-12-6-15-7-13(12)9-17;1-10-3-4-12-11(9-10)14-7-5-13(2)6-8-14;1-2/h3-5,10,12-13,15H,6-9H2,1-2H3;3-4,9H,5-8H2,1-2H3;1-2H3. The van der Waals surface area contributed by atoms with Crippen LogP contribution in [0.5, 0.6) is 0 Å². The largest absolute Gasteiger partial charge is 0.356 e. The van der Waals surface area contributed by atoms with Gasteiger partial charge in [0.25, 0.3) is 0 Å². The Hall–Kier alpha value is -2.18. The van der Waals surface area contributed by atoms with Gasteiger partial charge in [0.1, 0.15) is 11.6 Å². The van der Waals surface area contributed by atoms with Crippen molar-refractivity contribution >= 4 is 11.6 Å². The van der Waals surface area contributed by atoms with Crippen LogP contribution in [0, 0.1) is 18.8 Å². The van der Waals surface area contributed by atoms with Crippen LogP contribution in [0.2, 0.25) is 0 Å². The Balaban J connectivity index is 0.000000176. The van der Waals surface area contributed by atoms with E-state index in [1.165, 1.54) is 43.1 Å². The molecule has 2 aromatic heterocycles. The van der Waals surface area contributed by atoms with Crippen LogP contribution in [0.25, 0.3) is 0 Å². The minimum Gasteiger partial charge on any atom is -0.356 e. The van der Waals surface area contributed by atoms with Crippen LogP contribution in [-0.4, -0.2) is 74.3 Å². The molecule has 3 aliphatic rings. The van der Waals surface area contributed by atoms with E-state index in [0.717, 1.165) is 43.8 Å². The monoisotopic (exact) mass is 452 g/mol. The van der Waals surface area contributed by atoms with Gasteiger partial charge >= 0.3 is 0 Å². The number of fused-ring (bicyclic) bond motifs is 1. The third kappa shape index (κ3) is 6.90. The van der Waals surface area contributed by atoms with E-state index in [4.69, 9.17) is 0 Å². The second-order valence-electron chi connectivity index (χ2n) is 9.67. The zero-order chi connectivity index (χ0) is 23.8. The molecule has 6 heteroatoms. The van der Waals surface area contributed by atoms with Crippen LogP contribution < -0.4 is 15.1 Å². The molecule has 3 aliphatic heterocycles. The Morgan fingerprint density at radius 1 is 0.848 bits per heavy atom. The van der Waals surface area contributed by atoms with E-state index in [0.29, 0.717) is 5.92 Å². The Labute approximate surface area is 201 Å². The molecule has 0 spiro atoms. The van der Waals surface area contributed by atoms with Gasteiger partial charge in [-0.3, -0.25) is 0 Å². The van der Waals surface area contributed by atoms with Gasteiger partial charge in [-0.05, 0) is 67.1 Å². The summed E-state index contributed by atoms with van der Waals surface area (Å²) in [5.41, 5.74) is 2.68. The molecule has 0 aliphatic carbocycles. The lowest BCUT2D eigenvalue weighted by atomic mass is 10.0. The van der Waals surface area contributed by atoms with Crippen molar-refractivity contribution in [3.8, 4) is 0 Å². The van der Waals surface area contributed by atoms with Gasteiger partial charge in [-0.2, -0.15) is 0 Å². The molecule has 33 heavy (non-hydrogen) atoms. The second kappa shape index (κ2) is 12.3. The van der Waals surface area contributed by atoms with Crippen molar-refractivity contribution in [2.45, 2.75) is 40.5 Å². The van der Waals surface area contributed by atoms with Crippen molar-refractivity contribution in [3.05, 3.63) is 47.8 Å². The number of likely N-dealkylation sites (N-methyl/N-ethyl adjacent to an activating group) is 1. The van der Waals surface area contributed by atoms with Gasteiger partial charge in [0.15, 0.2) is 0 Å². The van der Waals surface area contributed by atoms with Crippen LogP contribution in [0.4, 0.5) is 11.6 Å². The maximum atomic E-state index is 4.54. The summed E-state index contributed by atoms with van der Waals surface area (Å²) in [5, 5.41) is 3.48. The first-order chi connectivity index (χ1) is 16.0. The lowest BCUT2D eigenvalue weighted by Gasteiger charge is -2.33. The summed E-state index contributed by atoms with van der Waals surface area (Å²) in [4.78, 5) is 16.1. The molecule has 2 aromatic rings. The van der Waals surface area contributed by atoms with E-state index in [2.05, 4.69) is 76.0 Å². The number of anilines is 2. The van der Waals surface area contributed by atoms with Gasteiger partial charge in [0, 0.05) is 64.8 Å². The minimum atomic E-state index is 0.584. The highest BCUT2D eigenvalue weighted by Crippen LogP contribution is 2.30. The minimum absolute atomic E-state index is 0.584. The molecular weight excluding hydrogens is 408 g/mol.